The van der Waals surface area contributed by atoms with Crippen LogP contribution in [-0.4, -0.2) is 66.3 Å². The number of likely N-dealkylation sites (N-methyl/N-ethyl adjacent to an activating group) is 1. The molecule has 0 saturated carbocycles. The van der Waals surface area contributed by atoms with Gasteiger partial charge in [-0.2, -0.15) is 0 Å². The van der Waals surface area contributed by atoms with Gasteiger partial charge in [0.05, 0.1) is 5.41 Å². The van der Waals surface area contributed by atoms with E-state index in [0.29, 0.717) is 45.2 Å². The Bertz CT molecular complexity index is 1420. The van der Waals surface area contributed by atoms with Crippen molar-refractivity contribution in [3.63, 3.8) is 0 Å². The predicted molar refractivity (Wildman–Crippen MR) is 177 cm³/mol. The Morgan fingerprint density at radius 3 is 2.05 bits per heavy atom. The molecule has 3 aromatic rings. The molecule has 7 nitrogen and oxygen atoms in total. The molecule has 0 spiro atoms. The van der Waals surface area contributed by atoms with Crippen LogP contribution in [0.2, 0.25) is 0 Å². The van der Waals surface area contributed by atoms with Crippen molar-refractivity contribution < 1.29 is 14.4 Å². The maximum atomic E-state index is 14.2. The van der Waals surface area contributed by atoms with Crippen molar-refractivity contribution in [2.45, 2.75) is 57.5 Å². The maximum Gasteiger partial charge on any atom is 0.246 e. The first-order valence-electron chi connectivity index (χ1n) is 15.4. The summed E-state index contributed by atoms with van der Waals surface area (Å²) in [4.78, 5) is 44.0. The summed E-state index contributed by atoms with van der Waals surface area (Å²) in [5, 5.41) is 2.86. The predicted octanol–water partition coefficient (Wildman–Crippen LogP) is 5.00. The van der Waals surface area contributed by atoms with Crippen LogP contribution in [0.1, 0.15) is 44.2 Å². The topological polar surface area (TPSA) is 95.7 Å². The summed E-state index contributed by atoms with van der Waals surface area (Å²) in [6.07, 6.45) is 5.93. The van der Waals surface area contributed by atoms with Crippen LogP contribution in [-0.2, 0) is 27.2 Å². The van der Waals surface area contributed by atoms with Crippen molar-refractivity contribution in [3.8, 4) is 11.1 Å². The SMILES string of the molecule is CNC(=O)C1(Cc2ccccc2)CCN(C(=O)[C@@H](Cc2ccc(-c3ccccc3)cc2)N(C)C(=O)/C=C/CC(C)(C)N)CC1. The number of amides is 3. The lowest BCUT2D eigenvalue weighted by atomic mass is 9.73. The summed E-state index contributed by atoms with van der Waals surface area (Å²) in [5.74, 6) is -0.344. The standard InChI is InChI=1S/C37H46N4O3/c1-36(2,38)21-11-16-33(42)40(4)32(26-28-17-19-31(20-18-28)30-14-9-6-10-15-30)34(43)41-24-22-37(23-25-41,35(44)39-3)27-29-12-7-5-8-13-29/h5-20,32H,21-27,38H2,1-4H3,(H,39,44)/b16-11+/t32-/m1/s1. The number of nitrogens with one attached hydrogen (secondary N) is 1. The average Bonchev–Trinajstić information content (AvgIpc) is 3.03. The van der Waals surface area contributed by atoms with E-state index in [2.05, 4.69) is 29.6 Å². The van der Waals surface area contributed by atoms with Gasteiger partial charge < -0.3 is 20.9 Å². The summed E-state index contributed by atoms with van der Waals surface area (Å²) < 4.78 is 0. The Balaban J connectivity index is 1.54. The number of benzene rings is 3. The average molecular weight is 595 g/mol. The van der Waals surface area contributed by atoms with E-state index in [1.54, 1.807) is 20.2 Å². The first kappa shape index (κ1) is 32.7. The Kier molecular flexibility index (Phi) is 10.8. The fraction of sp³-hybridized carbons (Fsp3) is 0.378. The minimum atomic E-state index is -0.692. The largest absolute Gasteiger partial charge is 0.359 e. The molecular formula is C37H46N4O3. The molecule has 232 valence electrons. The van der Waals surface area contributed by atoms with Crippen LogP contribution < -0.4 is 11.1 Å². The number of likely N-dealkylation sites (tertiary alicyclic amines) is 1. The highest BCUT2D eigenvalue weighted by atomic mass is 16.2. The van der Waals surface area contributed by atoms with E-state index in [1.807, 2.05) is 79.4 Å². The summed E-state index contributed by atoms with van der Waals surface area (Å²) >= 11 is 0. The molecular weight excluding hydrogens is 548 g/mol. The van der Waals surface area contributed by atoms with Gasteiger partial charge in [0.25, 0.3) is 0 Å². The van der Waals surface area contributed by atoms with Crippen molar-refractivity contribution in [1.29, 1.82) is 0 Å². The lowest BCUT2D eigenvalue weighted by molar-refractivity contribution is -0.146. The number of rotatable bonds is 11. The van der Waals surface area contributed by atoms with E-state index in [0.717, 1.165) is 22.3 Å². The molecule has 1 aliphatic rings. The number of carbonyl (C=O) groups is 3. The molecule has 0 unspecified atom stereocenters. The summed E-state index contributed by atoms with van der Waals surface area (Å²) in [5.41, 5.74) is 9.36. The number of carbonyl (C=O) groups excluding carboxylic acids is 3. The van der Waals surface area contributed by atoms with Gasteiger partial charge in [-0.3, -0.25) is 14.4 Å². The van der Waals surface area contributed by atoms with Crippen LogP contribution in [0.3, 0.4) is 0 Å². The lowest BCUT2D eigenvalue weighted by Crippen LogP contribution is -2.55. The van der Waals surface area contributed by atoms with E-state index in [9.17, 15) is 14.4 Å². The van der Waals surface area contributed by atoms with Crippen LogP contribution in [0, 0.1) is 5.41 Å². The molecule has 3 N–H and O–H groups in total. The number of hydrogen-bond donors (Lipinski definition) is 2. The highest BCUT2D eigenvalue weighted by Crippen LogP contribution is 2.36. The van der Waals surface area contributed by atoms with Gasteiger partial charge in [0, 0.05) is 39.1 Å². The molecule has 0 aliphatic carbocycles. The van der Waals surface area contributed by atoms with Gasteiger partial charge in [-0.25, -0.2) is 0 Å². The first-order chi connectivity index (χ1) is 21.0. The second kappa shape index (κ2) is 14.5. The third-order valence-corrected chi connectivity index (χ3v) is 8.62. The molecule has 3 aromatic carbocycles. The zero-order valence-electron chi connectivity index (χ0n) is 26.5. The van der Waals surface area contributed by atoms with Crippen molar-refractivity contribution in [1.82, 2.24) is 15.1 Å². The second-order valence-electron chi connectivity index (χ2n) is 12.7. The Hall–Kier alpha value is -4.23. The van der Waals surface area contributed by atoms with Crippen molar-refractivity contribution in [2.75, 3.05) is 27.2 Å². The van der Waals surface area contributed by atoms with Crippen LogP contribution in [0.25, 0.3) is 11.1 Å². The Morgan fingerprint density at radius 2 is 1.48 bits per heavy atom. The molecule has 44 heavy (non-hydrogen) atoms. The van der Waals surface area contributed by atoms with Crippen molar-refractivity contribution in [3.05, 3.63) is 108 Å². The van der Waals surface area contributed by atoms with E-state index < -0.39 is 17.0 Å². The minimum Gasteiger partial charge on any atom is -0.359 e. The number of nitrogens with two attached hydrogens (primary N) is 1. The molecule has 1 fully saturated rings. The van der Waals surface area contributed by atoms with E-state index in [1.165, 1.54) is 11.0 Å². The molecule has 3 amide bonds. The monoisotopic (exact) mass is 594 g/mol. The van der Waals surface area contributed by atoms with Crippen LogP contribution in [0.4, 0.5) is 0 Å². The maximum absolute atomic E-state index is 14.2. The fourth-order valence-electron chi connectivity index (χ4n) is 5.91. The normalized spacial score (nSPS) is 15.5. The van der Waals surface area contributed by atoms with Gasteiger partial charge in [-0.1, -0.05) is 91.0 Å². The second-order valence-corrected chi connectivity index (χ2v) is 12.7. The van der Waals surface area contributed by atoms with Crippen LogP contribution in [0.15, 0.2) is 97.1 Å². The third kappa shape index (κ3) is 8.44. The summed E-state index contributed by atoms with van der Waals surface area (Å²) in [6.45, 7) is 4.71. The third-order valence-electron chi connectivity index (χ3n) is 8.62. The Labute approximate surface area is 262 Å². The number of nitrogens with zero attached hydrogens (tertiary/aromatic N) is 2. The number of piperidine rings is 1. The molecule has 7 heteroatoms. The molecule has 0 radical (unpaired) electrons. The highest BCUT2D eigenvalue weighted by Gasteiger charge is 2.43. The van der Waals surface area contributed by atoms with E-state index in [4.69, 9.17) is 5.73 Å². The van der Waals surface area contributed by atoms with Crippen molar-refractivity contribution in [2.24, 2.45) is 11.1 Å². The van der Waals surface area contributed by atoms with Crippen molar-refractivity contribution >= 4 is 17.7 Å². The summed E-state index contributed by atoms with van der Waals surface area (Å²) in [7, 11) is 3.36. The van der Waals surface area contributed by atoms with Gasteiger partial charge in [-0.05, 0) is 67.9 Å². The molecule has 0 bridgehead atoms. The summed E-state index contributed by atoms with van der Waals surface area (Å²) in [6, 6.07) is 27.6. The number of hydrogen-bond acceptors (Lipinski definition) is 4. The molecule has 1 saturated heterocycles. The zero-order chi connectivity index (χ0) is 31.7. The quantitative estimate of drug-likeness (QED) is 0.305. The highest BCUT2D eigenvalue weighted by molar-refractivity contribution is 5.93. The van der Waals surface area contributed by atoms with Gasteiger partial charge in [-0.15, -0.1) is 0 Å². The smallest absolute Gasteiger partial charge is 0.246 e. The lowest BCUT2D eigenvalue weighted by Gasteiger charge is -2.42. The molecule has 0 aromatic heterocycles. The molecule has 4 rings (SSSR count). The van der Waals surface area contributed by atoms with Crippen LogP contribution in [0.5, 0.6) is 0 Å². The van der Waals surface area contributed by atoms with Gasteiger partial charge in [0.15, 0.2) is 0 Å². The van der Waals surface area contributed by atoms with Gasteiger partial charge >= 0.3 is 0 Å². The fourth-order valence-corrected chi connectivity index (χ4v) is 5.91. The zero-order valence-corrected chi connectivity index (χ0v) is 26.5. The van der Waals surface area contributed by atoms with E-state index >= 15 is 0 Å². The minimum absolute atomic E-state index is 0.00349. The Morgan fingerprint density at radius 1 is 0.909 bits per heavy atom. The van der Waals surface area contributed by atoms with Gasteiger partial charge in [0.2, 0.25) is 17.7 Å². The van der Waals surface area contributed by atoms with Gasteiger partial charge in [0.1, 0.15) is 6.04 Å². The molecule has 1 atom stereocenters. The molecule has 1 heterocycles. The van der Waals surface area contributed by atoms with Crippen LogP contribution >= 0.6 is 0 Å². The first-order valence-corrected chi connectivity index (χ1v) is 15.4. The van der Waals surface area contributed by atoms with E-state index in [-0.39, 0.29) is 17.7 Å². The molecule has 1 aliphatic heterocycles.